The molecule has 6 heteroatoms. The lowest BCUT2D eigenvalue weighted by Crippen LogP contribution is -2.33. The third-order valence-corrected chi connectivity index (χ3v) is 6.27. The molecule has 3 aromatic carbocycles. The van der Waals surface area contributed by atoms with Crippen LogP contribution in [0.2, 0.25) is 0 Å². The van der Waals surface area contributed by atoms with Gasteiger partial charge in [-0.15, -0.1) is 0 Å². The van der Waals surface area contributed by atoms with Gasteiger partial charge in [-0.1, -0.05) is 6.42 Å². The summed E-state index contributed by atoms with van der Waals surface area (Å²) in [5, 5.41) is 20.2. The maximum atomic E-state index is 13.6. The number of nitrogens with zero attached hydrogens (tertiary/aromatic N) is 1. The van der Waals surface area contributed by atoms with Crippen LogP contribution >= 0.6 is 0 Å². The number of aromatic hydroxyl groups is 2. The van der Waals surface area contributed by atoms with Crippen molar-refractivity contribution in [2.75, 3.05) is 26.2 Å². The Morgan fingerprint density at radius 2 is 1.59 bits per heavy atom. The van der Waals surface area contributed by atoms with Gasteiger partial charge in [-0.3, -0.25) is 9.69 Å². The maximum absolute atomic E-state index is 13.6. The van der Waals surface area contributed by atoms with Gasteiger partial charge in [0.2, 0.25) is 0 Å². The number of ether oxygens (including phenoxy) is 1. The second-order valence-corrected chi connectivity index (χ2v) is 8.64. The van der Waals surface area contributed by atoms with Crippen LogP contribution in [0.3, 0.4) is 0 Å². The predicted octanol–water partition coefficient (Wildman–Crippen LogP) is 5.61. The van der Waals surface area contributed by atoms with E-state index < -0.39 is 0 Å². The fourth-order valence-electron chi connectivity index (χ4n) is 4.45. The zero-order valence-corrected chi connectivity index (χ0v) is 18.9. The quantitative estimate of drug-likeness (QED) is 0.351. The number of fused-ring (bicyclic) bond motifs is 1. The van der Waals surface area contributed by atoms with Gasteiger partial charge < -0.3 is 19.4 Å². The number of carbonyl (C=O) groups is 1. The van der Waals surface area contributed by atoms with Crippen LogP contribution < -0.4 is 4.74 Å². The van der Waals surface area contributed by atoms with Gasteiger partial charge in [0, 0.05) is 29.1 Å². The Morgan fingerprint density at radius 3 is 2.32 bits per heavy atom. The minimum absolute atomic E-state index is 0.0589. The van der Waals surface area contributed by atoms with Crippen molar-refractivity contribution in [3.63, 3.8) is 0 Å². The van der Waals surface area contributed by atoms with Crippen LogP contribution in [0.15, 0.2) is 71.1 Å². The Hall–Kier alpha value is -3.77. The summed E-state index contributed by atoms with van der Waals surface area (Å²) in [6, 6.07) is 18.4. The fourth-order valence-corrected chi connectivity index (χ4v) is 4.45. The van der Waals surface area contributed by atoms with Crippen molar-refractivity contribution in [3.05, 3.63) is 77.9 Å². The van der Waals surface area contributed by atoms with Crippen molar-refractivity contribution in [1.29, 1.82) is 0 Å². The Bertz CT molecular complexity index is 1290. The van der Waals surface area contributed by atoms with Crippen molar-refractivity contribution < 1.29 is 24.2 Å². The van der Waals surface area contributed by atoms with Gasteiger partial charge in [0.05, 0.1) is 5.56 Å². The van der Waals surface area contributed by atoms with Crippen LogP contribution in [0.5, 0.6) is 17.2 Å². The van der Waals surface area contributed by atoms with Crippen molar-refractivity contribution in [3.8, 4) is 28.6 Å². The van der Waals surface area contributed by atoms with E-state index in [1.165, 1.54) is 31.4 Å². The molecule has 0 radical (unpaired) electrons. The topological polar surface area (TPSA) is 83.1 Å². The summed E-state index contributed by atoms with van der Waals surface area (Å²) in [6.07, 6.45) is 3.82. The summed E-state index contributed by atoms with van der Waals surface area (Å²) in [6.45, 7) is 3.80. The van der Waals surface area contributed by atoms with E-state index in [4.69, 9.17) is 9.15 Å². The number of ketones is 1. The monoisotopic (exact) mass is 457 g/mol. The van der Waals surface area contributed by atoms with E-state index >= 15 is 0 Å². The largest absolute Gasteiger partial charge is 0.508 e. The van der Waals surface area contributed by atoms with Gasteiger partial charge in [0.25, 0.3) is 0 Å². The lowest BCUT2D eigenvalue weighted by atomic mass is 9.97. The highest BCUT2D eigenvalue weighted by Crippen LogP contribution is 2.37. The second kappa shape index (κ2) is 9.61. The maximum Gasteiger partial charge on any atom is 0.197 e. The number of hydrogen-bond donors (Lipinski definition) is 2. The summed E-state index contributed by atoms with van der Waals surface area (Å²) in [5.74, 6) is 1.12. The lowest BCUT2D eigenvalue weighted by molar-refractivity contribution is 0.104. The fraction of sp³-hybridized carbons (Fsp3) is 0.250. The number of phenols is 2. The Labute approximate surface area is 198 Å². The van der Waals surface area contributed by atoms with E-state index in [0.717, 1.165) is 25.4 Å². The molecule has 2 heterocycles. The van der Waals surface area contributed by atoms with E-state index in [-0.39, 0.29) is 17.3 Å². The molecule has 1 fully saturated rings. The number of rotatable bonds is 7. The molecule has 1 saturated heterocycles. The Kier molecular flexibility index (Phi) is 6.23. The third-order valence-electron chi connectivity index (χ3n) is 6.27. The van der Waals surface area contributed by atoms with Crippen LogP contribution in [0, 0.1) is 0 Å². The standard InChI is InChI=1S/C28H27NO5/c30-21-8-4-20(5-9-21)28-26(24-13-10-22(31)18-25(24)34-28)27(32)19-6-11-23(12-7-19)33-17-16-29-14-2-1-3-15-29/h4-13,18,30-31H,1-3,14-17H2. The number of piperidine rings is 1. The molecule has 1 aliphatic rings. The van der Waals surface area contributed by atoms with E-state index in [0.29, 0.717) is 40.0 Å². The number of likely N-dealkylation sites (tertiary alicyclic amines) is 1. The number of furan rings is 1. The van der Waals surface area contributed by atoms with Crippen LogP contribution in [-0.4, -0.2) is 47.1 Å². The van der Waals surface area contributed by atoms with E-state index in [2.05, 4.69) is 4.90 Å². The molecule has 1 aromatic heterocycles. The minimum atomic E-state index is -0.188. The number of benzene rings is 3. The lowest BCUT2D eigenvalue weighted by Gasteiger charge is -2.26. The number of carbonyl (C=O) groups excluding carboxylic acids is 1. The van der Waals surface area contributed by atoms with Crippen molar-refractivity contribution in [1.82, 2.24) is 4.90 Å². The van der Waals surface area contributed by atoms with Gasteiger partial charge in [0.15, 0.2) is 5.78 Å². The summed E-state index contributed by atoms with van der Waals surface area (Å²) in [5.41, 5.74) is 2.01. The SMILES string of the molecule is O=C(c1ccc(OCCN2CCCCC2)cc1)c1c(-c2ccc(O)cc2)oc2cc(O)ccc12. The Morgan fingerprint density at radius 1 is 0.882 bits per heavy atom. The van der Waals surface area contributed by atoms with E-state index in [1.807, 2.05) is 12.1 Å². The van der Waals surface area contributed by atoms with Crippen LogP contribution in [0.4, 0.5) is 0 Å². The van der Waals surface area contributed by atoms with Crippen LogP contribution in [-0.2, 0) is 0 Å². The average Bonchev–Trinajstić information content (AvgIpc) is 3.23. The molecule has 1 aliphatic heterocycles. The summed E-state index contributed by atoms with van der Waals surface area (Å²) >= 11 is 0. The molecule has 0 saturated carbocycles. The first kappa shape index (κ1) is 22.0. The van der Waals surface area contributed by atoms with Gasteiger partial charge in [-0.05, 0) is 86.6 Å². The Balaban J connectivity index is 1.39. The van der Waals surface area contributed by atoms with Gasteiger partial charge in [-0.25, -0.2) is 0 Å². The first-order valence-corrected chi connectivity index (χ1v) is 11.6. The molecule has 0 amide bonds. The molecule has 0 spiro atoms. The molecule has 2 N–H and O–H groups in total. The molecule has 6 nitrogen and oxygen atoms in total. The highest BCUT2D eigenvalue weighted by Gasteiger charge is 2.23. The third kappa shape index (κ3) is 4.63. The predicted molar refractivity (Wildman–Crippen MR) is 131 cm³/mol. The number of hydrogen-bond acceptors (Lipinski definition) is 6. The molecule has 4 aromatic rings. The summed E-state index contributed by atoms with van der Waals surface area (Å²) in [7, 11) is 0. The highest BCUT2D eigenvalue weighted by molar-refractivity contribution is 6.19. The first-order chi connectivity index (χ1) is 16.6. The normalized spacial score (nSPS) is 14.4. The van der Waals surface area contributed by atoms with E-state index in [9.17, 15) is 15.0 Å². The zero-order chi connectivity index (χ0) is 23.5. The van der Waals surface area contributed by atoms with Gasteiger partial charge in [0.1, 0.15) is 35.2 Å². The molecule has 0 aliphatic carbocycles. The summed E-state index contributed by atoms with van der Waals surface area (Å²) < 4.78 is 11.9. The molecular weight excluding hydrogens is 430 g/mol. The molecule has 5 rings (SSSR count). The van der Waals surface area contributed by atoms with Crippen molar-refractivity contribution in [2.24, 2.45) is 0 Å². The summed E-state index contributed by atoms with van der Waals surface area (Å²) in [4.78, 5) is 16.0. The smallest absolute Gasteiger partial charge is 0.197 e. The first-order valence-electron chi connectivity index (χ1n) is 11.6. The van der Waals surface area contributed by atoms with E-state index in [1.54, 1.807) is 42.5 Å². The van der Waals surface area contributed by atoms with Gasteiger partial charge in [-0.2, -0.15) is 0 Å². The van der Waals surface area contributed by atoms with Gasteiger partial charge >= 0.3 is 0 Å². The van der Waals surface area contributed by atoms with Crippen LogP contribution in [0.1, 0.15) is 35.2 Å². The van der Waals surface area contributed by atoms with Crippen molar-refractivity contribution in [2.45, 2.75) is 19.3 Å². The number of phenolic OH excluding ortho intramolecular Hbond substituents is 2. The minimum Gasteiger partial charge on any atom is -0.508 e. The van der Waals surface area contributed by atoms with Crippen LogP contribution in [0.25, 0.3) is 22.3 Å². The molecule has 0 unspecified atom stereocenters. The molecule has 0 atom stereocenters. The molecular formula is C28H27NO5. The molecule has 0 bridgehead atoms. The molecule has 174 valence electrons. The van der Waals surface area contributed by atoms with Crippen molar-refractivity contribution >= 4 is 16.8 Å². The second-order valence-electron chi connectivity index (χ2n) is 8.64. The molecule has 34 heavy (non-hydrogen) atoms. The zero-order valence-electron chi connectivity index (χ0n) is 18.9. The highest BCUT2D eigenvalue weighted by atomic mass is 16.5. The average molecular weight is 458 g/mol.